The molecule has 2 heterocycles. The van der Waals surface area contributed by atoms with E-state index in [-0.39, 0.29) is 11.5 Å². The summed E-state index contributed by atoms with van der Waals surface area (Å²) in [5, 5.41) is 3.76. The van der Waals surface area contributed by atoms with E-state index in [0.29, 0.717) is 17.7 Å². The van der Waals surface area contributed by atoms with Crippen LogP contribution in [0.5, 0.6) is 0 Å². The molecule has 1 aliphatic rings. The third-order valence-electron chi connectivity index (χ3n) is 4.31. The number of carbonyl (C=O) groups is 1. The summed E-state index contributed by atoms with van der Waals surface area (Å²) in [4.78, 5) is 25.9. The monoisotopic (exact) mass is 314 g/mol. The second-order valence-corrected chi connectivity index (χ2v) is 6.16. The quantitative estimate of drug-likeness (QED) is 0.862. The molecule has 2 aromatic rings. The van der Waals surface area contributed by atoms with E-state index >= 15 is 0 Å². The number of amides is 1. The molecule has 1 aromatic carbocycles. The third kappa shape index (κ3) is 3.99. The summed E-state index contributed by atoms with van der Waals surface area (Å²) >= 11 is 0. The Morgan fingerprint density at radius 1 is 1.26 bits per heavy atom. The molecule has 1 fully saturated rings. The smallest absolute Gasteiger partial charge is 0.336 e. The van der Waals surface area contributed by atoms with E-state index in [9.17, 15) is 9.59 Å². The van der Waals surface area contributed by atoms with Gasteiger partial charge in [-0.05, 0) is 63.5 Å². The van der Waals surface area contributed by atoms with Gasteiger partial charge in [0.15, 0.2) is 0 Å². The summed E-state index contributed by atoms with van der Waals surface area (Å²) in [6.07, 6.45) is 3.92. The van der Waals surface area contributed by atoms with Crippen LogP contribution in [0.2, 0.25) is 0 Å². The van der Waals surface area contributed by atoms with Gasteiger partial charge in [0.25, 0.3) is 0 Å². The lowest BCUT2D eigenvalue weighted by Gasteiger charge is -2.13. The van der Waals surface area contributed by atoms with Crippen molar-refractivity contribution in [2.75, 3.05) is 25.0 Å². The Morgan fingerprint density at radius 3 is 2.83 bits per heavy atom. The lowest BCUT2D eigenvalue weighted by molar-refractivity contribution is -0.116. The van der Waals surface area contributed by atoms with Crippen molar-refractivity contribution in [2.24, 2.45) is 0 Å². The lowest BCUT2D eigenvalue weighted by atomic mass is 10.1. The average molecular weight is 314 g/mol. The molecule has 0 aliphatic carbocycles. The number of hydrogen-bond acceptors (Lipinski definition) is 4. The standard InChI is InChI=1S/C18H22N2O3/c1-13-11-18(22)23-16-12-14(6-7-15(13)16)19-17(21)5-4-10-20-8-2-3-9-20/h6-7,11-12H,2-5,8-10H2,1H3,(H,19,21). The SMILES string of the molecule is Cc1cc(=O)oc2cc(NC(=O)CCCN3CCCC3)ccc12. The van der Waals surface area contributed by atoms with E-state index in [4.69, 9.17) is 4.42 Å². The van der Waals surface area contributed by atoms with Gasteiger partial charge in [-0.1, -0.05) is 0 Å². The molecule has 0 spiro atoms. The zero-order valence-corrected chi connectivity index (χ0v) is 13.4. The second kappa shape index (κ2) is 6.96. The first kappa shape index (κ1) is 15.7. The minimum atomic E-state index is -0.371. The van der Waals surface area contributed by atoms with E-state index < -0.39 is 0 Å². The number of anilines is 1. The van der Waals surface area contributed by atoms with Gasteiger partial charge >= 0.3 is 5.63 Å². The highest BCUT2D eigenvalue weighted by Crippen LogP contribution is 2.21. The Bertz CT molecular complexity index is 760. The number of nitrogens with one attached hydrogen (secondary N) is 1. The fraction of sp³-hybridized carbons (Fsp3) is 0.444. The molecule has 1 aliphatic heterocycles. The number of fused-ring (bicyclic) bond motifs is 1. The zero-order valence-electron chi connectivity index (χ0n) is 13.4. The average Bonchev–Trinajstić information content (AvgIpc) is 3.00. The van der Waals surface area contributed by atoms with Gasteiger partial charge in [-0.2, -0.15) is 0 Å². The molecular formula is C18H22N2O3. The molecule has 122 valence electrons. The fourth-order valence-electron chi connectivity index (χ4n) is 3.10. The first-order valence-corrected chi connectivity index (χ1v) is 8.18. The molecule has 0 unspecified atom stereocenters. The second-order valence-electron chi connectivity index (χ2n) is 6.16. The van der Waals surface area contributed by atoms with E-state index in [0.717, 1.165) is 37.0 Å². The van der Waals surface area contributed by atoms with Gasteiger partial charge < -0.3 is 14.6 Å². The maximum absolute atomic E-state index is 12.0. The predicted octanol–water partition coefficient (Wildman–Crippen LogP) is 2.92. The van der Waals surface area contributed by atoms with Gasteiger partial charge in [-0.3, -0.25) is 4.79 Å². The zero-order chi connectivity index (χ0) is 16.2. The number of rotatable bonds is 5. The Kier molecular flexibility index (Phi) is 4.76. The van der Waals surface area contributed by atoms with Crippen molar-refractivity contribution in [1.82, 2.24) is 4.90 Å². The minimum Gasteiger partial charge on any atom is -0.423 e. The molecule has 1 aromatic heterocycles. The molecule has 1 saturated heterocycles. The summed E-state index contributed by atoms with van der Waals surface area (Å²) in [5.41, 5.74) is 1.67. The maximum Gasteiger partial charge on any atom is 0.336 e. The lowest BCUT2D eigenvalue weighted by Crippen LogP contribution is -2.22. The predicted molar refractivity (Wildman–Crippen MR) is 90.8 cm³/mol. The van der Waals surface area contributed by atoms with Crippen LogP contribution in [0, 0.1) is 6.92 Å². The van der Waals surface area contributed by atoms with Crippen LogP contribution in [0.1, 0.15) is 31.2 Å². The van der Waals surface area contributed by atoms with E-state index in [1.165, 1.54) is 18.9 Å². The van der Waals surface area contributed by atoms with Crippen LogP contribution in [0.3, 0.4) is 0 Å². The fourth-order valence-corrected chi connectivity index (χ4v) is 3.10. The third-order valence-corrected chi connectivity index (χ3v) is 4.31. The molecular weight excluding hydrogens is 292 g/mol. The summed E-state index contributed by atoms with van der Waals surface area (Å²) < 4.78 is 5.20. The number of carbonyl (C=O) groups excluding carboxylic acids is 1. The Hall–Kier alpha value is -2.14. The molecule has 1 amide bonds. The molecule has 5 nitrogen and oxygen atoms in total. The largest absolute Gasteiger partial charge is 0.423 e. The molecule has 3 rings (SSSR count). The Labute approximate surface area is 135 Å². The molecule has 0 radical (unpaired) electrons. The minimum absolute atomic E-state index is 0.00135. The van der Waals surface area contributed by atoms with Crippen molar-refractivity contribution in [2.45, 2.75) is 32.6 Å². The van der Waals surface area contributed by atoms with Crippen molar-refractivity contribution in [3.8, 4) is 0 Å². The Morgan fingerprint density at radius 2 is 2.04 bits per heavy atom. The van der Waals surface area contributed by atoms with Crippen LogP contribution < -0.4 is 10.9 Å². The van der Waals surface area contributed by atoms with Crippen LogP contribution in [0.25, 0.3) is 11.0 Å². The van der Waals surface area contributed by atoms with Crippen LogP contribution in [-0.4, -0.2) is 30.4 Å². The van der Waals surface area contributed by atoms with Crippen molar-refractivity contribution in [3.05, 3.63) is 40.2 Å². The van der Waals surface area contributed by atoms with Gasteiger partial charge in [0.2, 0.25) is 5.91 Å². The highest BCUT2D eigenvalue weighted by Gasteiger charge is 2.12. The van der Waals surface area contributed by atoms with Gasteiger partial charge in [0.05, 0.1) is 0 Å². The molecule has 5 heteroatoms. The molecule has 0 saturated carbocycles. The van der Waals surface area contributed by atoms with E-state index in [2.05, 4.69) is 10.2 Å². The van der Waals surface area contributed by atoms with Crippen molar-refractivity contribution in [1.29, 1.82) is 0 Å². The summed E-state index contributed by atoms with van der Waals surface area (Å²) in [7, 11) is 0. The Balaban J connectivity index is 1.59. The first-order chi connectivity index (χ1) is 11.1. The number of likely N-dealkylation sites (tertiary alicyclic amines) is 1. The van der Waals surface area contributed by atoms with Crippen LogP contribution in [-0.2, 0) is 4.79 Å². The molecule has 0 bridgehead atoms. The first-order valence-electron chi connectivity index (χ1n) is 8.18. The van der Waals surface area contributed by atoms with Crippen LogP contribution >= 0.6 is 0 Å². The van der Waals surface area contributed by atoms with E-state index in [1.807, 2.05) is 19.1 Å². The van der Waals surface area contributed by atoms with Gasteiger partial charge in [0.1, 0.15) is 5.58 Å². The summed E-state index contributed by atoms with van der Waals surface area (Å²) in [6.45, 7) is 5.17. The number of nitrogens with zero attached hydrogens (tertiary/aromatic N) is 1. The van der Waals surface area contributed by atoms with E-state index in [1.54, 1.807) is 6.07 Å². The van der Waals surface area contributed by atoms with Crippen molar-refractivity contribution >= 4 is 22.6 Å². The number of benzene rings is 1. The highest BCUT2D eigenvalue weighted by atomic mass is 16.4. The summed E-state index contributed by atoms with van der Waals surface area (Å²) in [5.74, 6) is -0.00135. The van der Waals surface area contributed by atoms with Crippen molar-refractivity contribution < 1.29 is 9.21 Å². The topological polar surface area (TPSA) is 62.6 Å². The van der Waals surface area contributed by atoms with Gasteiger partial charge in [-0.15, -0.1) is 0 Å². The van der Waals surface area contributed by atoms with Crippen LogP contribution in [0.15, 0.2) is 33.5 Å². The van der Waals surface area contributed by atoms with Gasteiger partial charge in [-0.25, -0.2) is 4.79 Å². The summed E-state index contributed by atoms with van der Waals surface area (Å²) in [6, 6.07) is 6.89. The normalized spacial score (nSPS) is 15.2. The van der Waals surface area contributed by atoms with Crippen molar-refractivity contribution in [3.63, 3.8) is 0 Å². The highest BCUT2D eigenvalue weighted by molar-refractivity contribution is 5.93. The number of aryl methyl sites for hydroxylation is 1. The molecule has 23 heavy (non-hydrogen) atoms. The maximum atomic E-state index is 12.0. The number of hydrogen-bond donors (Lipinski definition) is 1. The molecule has 1 N–H and O–H groups in total. The van der Waals surface area contributed by atoms with Crippen LogP contribution in [0.4, 0.5) is 5.69 Å². The van der Waals surface area contributed by atoms with Gasteiger partial charge in [0, 0.05) is 29.6 Å². The molecule has 0 atom stereocenters.